The Morgan fingerprint density at radius 3 is 1.53 bits per heavy atom. The van der Waals surface area contributed by atoms with Gasteiger partial charge in [-0.05, 0) is 13.3 Å². The van der Waals surface area contributed by atoms with Gasteiger partial charge in [-0.2, -0.15) is 0 Å². The molecule has 0 fully saturated rings. The SMILES string of the molecule is CCCCCCCCCCCCCCC(=O)C(C)O. The van der Waals surface area contributed by atoms with Crippen LogP contribution in [0.25, 0.3) is 0 Å². The highest BCUT2D eigenvalue weighted by Crippen LogP contribution is 2.12. The maximum Gasteiger partial charge on any atom is 0.160 e. The molecule has 0 saturated heterocycles. The Kier molecular flexibility index (Phi) is 13.8. The van der Waals surface area contributed by atoms with Gasteiger partial charge in [0.1, 0.15) is 6.10 Å². The molecular weight excluding hydrogens is 236 g/mol. The van der Waals surface area contributed by atoms with E-state index in [1.54, 1.807) is 6.92 Å². The van der Waals surface area contributed by atoms with Crippen LogP contribution >= 0.6 is 0 Å². The summed E-state index contributed by atoms with van der Waals surface area (Å²) in [5, 5.41) is 9.05. The Labute approximate surface area is 120 Å². The van der Waals surface area contributed by atoms with Crippen LogP contribution in [0.2, 0.25) is 0 Å². The lowest BCUT2D eigenvalue weighted by Crippen LogP contribution is -2.15. The number of ketones is 1. The maximum atomic E-state index is 11.2. The number of Topliss-reactive ketones (excluding diaryl/α,β-unsaturated/α-hetero) is 1. The second-order valence-electron chi connectivity index (χ2n) is 5.78. The van der Waals surface area contributed by atoms with Gasteiger partial charge in [0, 0.05) is 6.42 Å². The van der Waals surface area contributed by atoms with Crippen LogP contribution < -0.4 is 0 Å². The molecule has 1 atom stereocenters. The van der Waals surface area contributed by atoms with Crippen molar-refractivity contribution in [3.63, 3.8) is 0 Å². The Hall–Kier alpha value is -0.370. The van der Waals surface area contributed by atoms with Crippen molar-refractivity contribution in [1.29, 1.82) is 0 Å². The van der Waals surface area contributed by atoms with Crippen LogP contribution in [0.5, 0.6) is 0 Å². The lowest BCUT2D eigenvalue weighted by molar-refractivity contribution is -0.126. The third kappa shape index (κ3) is 13.9. The third-order valence-electron chi connectivity index (χ3n) is 3.74. The van der Waals surface area contributed by atoms with Crippen LogP contribution in [0, 0.1) is 0 Å². The zero-order valence-electron chi connectivity index (χ0n) is 13.1. The molecule has 0 aromatic heterocycles. The molecule has 0 spiro atoms. The lowest BCUT2D eigenvalue weighted by Gasteiger charge is -2.04. The third-order valence-corrected chi connectivity index (χ3v) is 3.74. The average Bonchev–Trinajstić information content (AvgIpc) is 2.39. The highest BCUT2D eigenvalue weighted by molar-refractivity contribution is 5.82. The van der Waals surface area contributed by atoms with Crippen LogP contribution in [0.4, 0.5) is 0 Å². The van der Waals surface area contributed by atoms with Crippen LogP contribution in [0.1, 0.15) is 97.3 Å². The molecule has 0 aromatic rings. The van der Waals surface area contributed by atoms with E-state index in [0.29, 0.717) is 6.42 Å². The second kappa shape index (κ2) is 14.0. The van der Waals surface area contributed by atoms with Crippen molar-refractivity contribution in [2.75, 3.05) is 0 Å². The van der Waals surface area contributed by atoms with Gasteiger partial charge in [0.25, 0.3) is 0 Å². The lowest BCUT2D eigenvalue weighted by atomic mass is 10.0. The smallest absolute Gasteiger partial charge is 0.160 e. The van der Waals surface area contributed by atoms with Gasteiger partial charge >= 0.3 is 0 Å². The monoisotopic (exact) mass is 270 g/mol. The molecule has 0 rings (SSSR count). The van der Waals surface area contributed by atoms with Gasteiger partial charge in [-0.25, -0.2) is 0 Å². The van der Waals surface area contributed by atoms with Gasteiger partial charge in [-0.1, -0.05) is 77.6 Å². The topological polar surface area (TPSA) is 37.3 Å². The predicted molar refractivity (Wildman–Crippen MR) is 82.4 cm³/mol. The summed E-state index contributed by atoms with van der Waals surface area (Å²) in [4.78, 5) is 11.2. The fourth-order valence-electron chi connectivity index (χ4n) is 2.35. The summed E-state index contributed by atoms with van der Waals surface area (Å²) in [6, 6.07) is 0. The highest BCUT2D eigenvalue weighted by atomic mass is 16.3. The predicted octanol–water partition coefficient (Wildman–Crippen LogP) is 5.03. The van der Waals surface area contributed by atoms with E-state index in [-0.39, 0.29) is 5.78 Å². The molecular formula is C17H34O2. The Bertz CT molecular complexity index is 199. The molecule has 2 nitrogen and oxygen atoms in total. The minimum Gasteiger partial charge on any atom is -0.386 e. The van der Waals surface area contributed by atoms with Crippen LogP contribution in [-0.4, -0.2) is 17.0 Å². The summed E-state index contributed by atoms with van der Waals surface area (Å²) >= 11 is 0. The van der Waals surface area contributed by atoms with E-state index in [1.165, 1.54) is 64.2 Å². The van der Waals surface area contributed by atoms with Crippen LogP contribution in [0.15, 0.2) is 0 Å². The largest absolute Gasteiger partial charge is 0.386 e. The molecule has 114 valence electrons. The van der Waals surface area contributed by atoms with E-state index in [9.17, 15) is 4.79 Å². The molecule has 0 aromatic carbocycles. The minimum atomic E-state index is -0.771. The molecule has 0 amide bonds. The van der Waals surface area contributed by atoms with E-state index < -0.39 is 6.10 Å². The molecule has 0 aliphatic heterocycles. The summed E-state index contributed by atoms with van der Waals surface area (Å²) in [7, 11) is 0. The zero-order chi connectivity index (χ0) is 14.3. The quantitative estimate of drug-likeness (QED) is 0.450. The van der Waals surface area contributed by atoms with Gasteiger partial charge in [0.05, 0.1) is 0 Å². The van der Waals surface area contributed by atoms with Crippen molar-refractivity contribution in [3.05, 3.63) is 0 Å². The molecule has 2 heteroatoms. The summed E-state index contributed by atoms with van der Waals surface area (Å²) < 4.78 is 0. The standard InChI is InChI=1S/C17H34O2/c1-3-4-5-6-7-8-9-10-11-12-13-14-15-17(19)16(2)18/h16,18H,3-15H2,1-2H3. The zero-order valence-corrected chi connectivity index (χ0v) is 13.1. The molecule has 0 heterocycles. The van der Waals surface area contributed by atoms with Crippen LogP contribution in [0.3, 0.4) is 0 Å². The first-order chi connectivity index (χ1) is 9.18. The minimum absolute atomic E-state index is 0.00733. The fraction of sp³-hybridized carbons (Fsp3) is 0.941. The normalized spacial score (nSPS) is 12.6. The highest BCUT2D eigenvalue weighted by Gasteiger charge is 2.07. The summed E-state index contributed by atoms with van der Waals surface area (Å²) in [5.74, 6) is -0.00733. The summed E-state index contributed by atoms with van der Waals surface area (Å²) in [6.07, 6.45) is 15.5. The molecule has 19 heavy (non-hydrogen) atoms. The average molecular weight is 270 g/mol. The van der Waals surface area contributed by atoms with Crippen molar-refractivity contribution >= 4 is 5.78 Å². The van der Waals surface area contributed by atoms with Gasteiger partial charge in [-0.3, -0.25) is 4.79 Å². The van der Waals surface area contributed by atoms with Gasteiger partial charge in [0.2, 0.25) is 0 Å². The number of hydrogen-bond acceptors (Lipinski definition) is 2. The Balaban J connectivity index is 3.05. The van der Waals surface area contributed by atoms with E-state index in [2.05, 4.69) is 6.92 Å². The van der Waals surface area contributed by atoms with Crippen molar-refractivity contribution < 1.29 is 9.90 Å². The fourth-order valence-corrected chi connectivity index (χ4v) is 2.35. The van der Waals surface area contributed by atoms with Gasteiger partial charge in [-0.15, -0.1) is 0 Å². The summed E-state index contributed by atoms with van der Waals surface area (Å²) in [5.41, 5.74) is 0. The molecule has 0 saturated carbocycles. The number of rotatable bonds is 14. The first-order valence-corrected chi connectivity index (χ1v) is 8.39. The van der Waals surface area contributed by atoms with E-state index in [1.807, 2.05) is 0 Å². The van der Waals surface area contributed by atoms with E-state index >= 15 is 0 Å². The van der Waals surface area contributed by atoms with Crippen molar-refractivity contribution in [2.45, 2.75) is 103 Å². The number of carbonyl (C=O) groups excluding carboxylic acids is 1. The first kappa shape index (κ1) is 18.6. The number of aliphatic hydroxyl groups excluding tert-OH is 1. The molecule has 0 aliphatic carbocycles. The maximum absolute atomic E-state index is 11.2. The summed E-state index contributed by atoms with van der Waals surface area (Å²) in [6.45, 7) is 3.82. The second-order valence-corrected chi connectivity index (χ2v) is 5.78. The van der Waals surface area contributed by atoms with Crippen molar-refractivity contribution in [1.82, 2.24) is 0 Å². The van der Waals surface area contributed by atoms with Crippen LogP contribution in [-0.2, 0) is 4.79 Å². The van der Waals surface area contributed by atoms with E-state index in [4.69, 9.17) is 5.11 Å². The number of aliphatic hydroxyl groups is 1. The van der Waals surface area contributed by atoms with Gasteiger partial charge in [0.15, 0.2) is 5.78 Å². The number of unbranched alkanes of at least 4 members (excludes halogenated alkanes) is 11. The number of hydrogen-bond donors (Lipinski definition) is 1. The Morgan fingerprint density at radius 1 is 0.789 bits per heavy atom. The molecule has 0 bridgehead atoms. The first-order valence-electron chi connectivity index (χ1n) is 8.39. The van der Waals surface area contributed by atoms with Crippen molar-refractivity contribution in [3.8, 4) is 0 Å². The molecule has 0 radical (unpaired) electrons. The molecule has 0 aliphatic rings. The van der Waals surface area contributed by atoms with Crippen molar-refractivity contribution in [2.24, 2.45) is 0 Å². The molecule has 1 unspecified atom stereocenters. The number of carbonyl (C=O) groups is 1. The van der Waals surface area contributed by atoms with Gasteiger partial charge < -0.3 is 5.11 Å². The Morgan fingerprint density at radius 2 is 1.16 bits per heavy atom. The van der Waals surface area contributed by atoms with E-state index in [0.717, 1.165) is 12.8 Å². The molecule has 1 N–H and O–H groups in total.